The Morgan fingerprint density at radius 1 is 1.31 bits per heavy atom. The Labute approximate surface area is 76.1 Å². The van der Waals surface area contributed by atoms with Crippen molar-refractivity contribution >= 4 is 11.9 Å². The van der Waals surface area contributed by atoms with Gasteiger partial charge in [-0.05, 0) is 24.0 Å². The molecule has 0 amide bonds. The monoisotopic (exact) mass is 174 g/mol. The van der Waals surface area contributed by atoms with Gasteiger partial charge < -0.3 is 5.43 Å². The molecule has 0 saturated heterocycles. The van der Waals surface area contributed by atoms with Gasteiger partial charge in [0.1, 0.15) is 5.71 Å². The van der Waals surface area contributed by atoms with Gasteiger partial charge in [-0.1, -0.05) is 0 Å². The van der Waals surface area contributed by atoms with E-state index in [-0.39, 0.29) is 0 Å². The number of hydrogen-bond acceptors (Lipinski definition) is 4. The van der Waals surface area contributed by atoms with Crippen molar-refractivity contribution in [3.8, 4) is 0 Å². The van der Waals surface area contributed by atoms with Crippen LogP contribution in [0.1, 0.15) is 12.8 Å². The van der Waals surface area contributed by atoms with E-state index in [1.807, 2.05) is 6.20 Å². The molecule has 3 rings (SSSR count). The minimum absolute atomic E-state index is 0.863. The van der Waals surface area contributed by atoms with Crippen LogP contribution in [0, 0.1) is 0 Å². The second-order valence-electron chi connectivity index (χ2n) is 3.37. The largest absolute Gasteiger partial charge is 0.306 e. The molecule has 0 aromatic carbocycles. The maximum atomic E-state index is 4.20. The molecule has 4 heteroatoms. The lowest BCUT2D eigenvalue weighted by molar-refractivity contribution is 0.781. The van der Waals surface area contributed by atoms with Crippen LogP contribution in [-0.4, -0.2) is 18.5 Å². The van der Waals surface area contributed by atoms with Crippen LogP contribution in [-0.2, 0) is 0 Å². The second-order valence-corrected chi connectivity index (χ2v) is 3.37. The fourth-order valence-corrected chi connectivity index (χ4v) is 2.01. The molecular formula is C9H10N4. The molecule has 13 heavy (non-hydrogen) atoms. The first kappa shape index (κ1) is 6.88. The van der Waals surface area contributed by atoms with E-state index in [0.29, 0.717) is 0 Å². The molecule has 0 saturated carbocycles. The number of hydrogen-bond donors (Lipinski definition) is 2. The lowest BCUT2D eigenvalue weighted by atomic mass is 10.0. The predicted molar refractivity (Wildman–Crippen MR) is 51.4 cm³/mol. The van der Waals surface area contributed by atoms with Crippen molar-refractivity contribution in [3.05, 3.63) is 22.9 Å². The van der Waals surface area contributed by atoms with Crippen molar-refractivity contribution in [3.63, 3.8) is 0 Å². The fourth-order valence-electron chi connectivity index (χ4n) is 2.01. The molecule has 0 radical (unpaired) electrons. The van der Waals surface area contributed by atoms with Crippen LogP contribution in [0.15, 0.2) is 33.1 Å². The SMILES string of the molecule is C1=NNCC2=C3C(=CNN=C13)CC2. The Morgan fingerprint density at radius 2 is 2.31 bits per heavy atom. The zero-order valence-corrected chi connectivity index (χ0v) is 7.17. The molecule has 0 fully saturated rings. The van der Waals surface area contributed by atoms with Crippen molar-refractivity contribution in [2.45, 2.75) is 12.8 Å². The Kier molecular flexibility index (Phi) is 1.30. The molecule has 0 bridgehead atoms. The van der Waals surface area contributed by atoms with Gasteiger partial charge in [0.2, 0.25) is 0 Å². The van der Waals surface area contributed by atoms with Crippen LogP contribution < -0.4 is 10.9 Å². The first-order chi connectivity index (χ1) is 6.45. The molecule has 1 aliphatic carbocycles. The van der Waals surface area contributed by atoms with Crippen LogP contribution in [0.4, 0.5) is 0 Å². The van der Waals surface area contributed by atoms with E-state index >= 15 is 0 Å². The third kappa shape index (κ3) is 0.915. The summed E-state index contributed by atoms with van der Waals surface area (Å²) in [6.45, 7) is 0.863. The minimum atomic E-state index is 0.863. The van der Waals surface area contributed by atoms with Gasteiger partial charge in [-0.3, -0.25) is 5.43 Å². The van der Waals surface area contributed by atoms with Crippen molar-refractivity contribution in [1.29, 1.82) is 0 Å². The van der Waals surface area contributed by atoms with Gasteiger partial charge in [0.25, 0.3) is 0 Å². The number of hydrazone groups is 2. The molecule has 3 aliphatic rings. The summed E-state index contributed by atoms with van der Waals surface area (Å²) in [7, 11) is 0. The third-order valence-electron chi connectivity index (χ3n) is 2.62. The summed E-state index contributed by atoms with van der Waals surface area (Å²) in [5, 5.41) is 8.25. The van der Waals surface area contributed by atoms with E-state index in [4.69, 9.17) is 0 Å². The number of nitrogens with one attached hydrogen (secondary N) is 2. The van der Waals surface area contributed by atoms with Crippen molar-refractivity contribution in [1.82, 2.24) is 10.9 Å². The van der Waals surface area contributed by atoms with Crippen molar-refractivity contribution in [2.24, 2.45) is 10.2 Å². The van der Waals surface area contributed by atoms with Crippen LogP contribution in [0.5, 0.6) is 0 Å². The van der Waals surface area contributed by atoms with Crippen molar-refractivity contribution in [2.75, 3.05) is 6.54 Å². The van der Waals surface area contributed by atoms with Crippen molar-refractivity contribution < 1.29 is 0 Å². The molecule has 2 heterocycles. The lowest BCUT2D eigenvalue weighted by Crippen LogP contribution is -2.16. The van der Waals surface area contributed by atoms with E-state index in [0.717, 1.165) is 25.1 Å². The zero-order valence-electron chi connectivity index (χ0n) is 7.17. The predicted octanol–water partition coefficient (Wildman–Crippen LogP) is 0.509. The van der Waals surface area contributed by atoms with Crippen LogP contribution in [0.2, 0.25) is 0 Å². The molecule has 4 nitrogen and oxygen atoms in total. The molecule has 0 aromatic rings. The Hall–Kier alpha value is -1.58. The van der Waals surface area contributed by atoms with Gasteiger partial charge in [-0.2, -0.15) is 10.2 Å². The Balaban J connectivity index is 2.17. The van der Waals surface area contributed by atoms with Crippen LogP contribution in [0.25, 0.3) is 0 Å². The summed E-state index contributed by atoms with van der Waals surface area (Å²) < 4.78 is 0. The van der Waals surface area contributed by atoms with Gasteiger partial charge in [-0.15, -0.1) is 0 Å². The molecule has 2 N–H and O–H groups in total. The molecule has 66 valence electrons. The highest BCUT2D eigenvalue weighted by Crippen LogP contribution is 2.33. The van der Waals surface area contributed by atoms with Gasteiger partial charge in [0, 0.05) is 11.8 Å². The maximum absolute atomic E-state index is 4.20. The van der Waals surface area contributed by atoms with Gasteiger partial charge in [-0.25, -0.2) is 0 Å². The number of rotatable bonds is 0. The highest BCUT2D eigenvalue weighted by atomic mass is 15.3. The van der Waals surface area contributed by atoms with Gasteiger partial charge in [0.15, 0.2) is 0 Å². The summed E-state index contributed by atoms with van der Waals surface area (Å²) in [6, 6.07) is 0. The normalized spacial score (nSPS) is 24.0. The topological polar surface area (TPSA) is 48.8 Å². The van der Waals surface area contributed by atoms with Crippen LogP contribution in [0.3, 0.4) is 0 Å². The van der Waals surface area contributed by atoms with Gasteiger partial charge in [0.05, 0.1) is 12.8 Å². The molecule has 0 aromatic heterocycles. The summed E-state index contributed by atoms with van der Waals surface area (Å²) in [6.07, 6.45) is 6.04. The number of nitrogens with zero attached hydrogens (tertiary/aromatic N) is 2. The fraction of sp³-hybridized carbons (Fsp3) is 0.333. The molecule has 0 atom stereocenters. The van der Waals surface area contributed by atoms with Crippen LogP contribution >= 0.6 is 0 Å². The molecule has 0 unspecified atom stereocenters. The van der Waals surface area contributed by atoms with E-state index in [2.05, 4.69) is 21.1 Å². The minimum Gasteiger partial charge on any atom is -0.306 e. The first-order valence-electron chi connectivity index (χ1n) is 4.46. The summed E-state index contributed by atoms with van der Waals surface area (Å²) in [5.74, 6) is 0. The van der Waals surface area contributed by atoms with E-state index in [1.54, 1.807) is 6.21 Å². The second kappa shape index (κ2) is 2.45. The first-order valence-corrected chi connectivity index (χ1v) is 4.46. The smallest absolute Gasteiger partial charge is 0.111 e. The number of allylic oxidation sites excluding steroid dienone is 2. The molecule has 2 aliphatic heterocycles. The lowest BCUT2D eigenvalue weighted by Gasteiger charge is -2.10. The Morgan fingerprint density at radius 3 is 3.31 bits per heavy atom. The summed E-state index contributed by atoms with van der Waals surface area (Å²) in [5.41, 5.74) is 11.0. The van der Waals surface area contributed by atoms with E-state index < -0.39 is 0 Å². The average molecular weight is 174 g/mol. The highest BCUT2D eigenvalue weighted by Gasteiger charge is 2.26. The maximum Gasteiger partial charge on any atom is 0.111 e. The standard InChI is InChI=1S/C9H10N4/c1-2-7-4-12-13-8-5-11-10-3-6(1)9(7)8/h4-5,10,12H,1-3H2. The Bertz CT molecular complexity index is 373. The summed E-state index contributed by atoms with van der Waals surface area (Å²) in [4.78, 5) is 0. The average Bonchev–Trinajstić information content (AvgIpc) is 2.44. The summed E-state index contributed by atoms with van der Waals surface area (Å²) >= 11 is 0. The van der Waals surface area contributed by atoms with Gasteiger partial charge >= 0.3 is 0 Å². The highest BCUT2D eigenvalue weighted by molar-refractivity contribution is 6.40. The van der Waals surface area contributed by atoms with E-state index in [9.17, 15) is 0 Å². The quantitative estimate of drug-likeness (QED) is 0.562. The van der Waals surface area contributed by atoms with E-state index in [1.165, 1.54) is 16.7 Å². The molecule has 0 spiro atoms. The zero-order chi connectivity index (χ0) is 8.67. The third-order valence-corrected chi connectivity index (χ3v) is 2.62. The molecular weight excluding hydrogens is 164 g/mol.